The van der Waals surface area contributed by atoms with Crippen LogP contribution in [0, 0.1) is 13.8 Å². The van der Waals surface area contributed by atoms with Crippen molar-refractivity contribution in [2.75, 3.05) is 19.0 Å². The molecule has 0 radical (unpaired) electrons. The molecule has 1 aromatic carbocycles. The van der Waals surface area contributed by atoms with Gasteiger partial charge in [0, 0.05) is 42.5 Å². The van der Waals surface area contributed by atoms with Gasteiger partial charge >= 0.3 is 11.9 Å². The molecular formula is C22H26N2O6. The Hall–Kier alpha value is -3.42. The van der Waals surface area contributed by atoms with Gasteiger partial charge in [0.2, 0.25) is 11.7 Å². The lowest BCUT2D eigenvalue weighted by molar-refractivity contribution is -0.140. The number of carbonyl (C=O) groups excluding carboxylic acids is 4. The fourth-order valence-electron chi connectivity index (χ4n) is 3.10. The second-order valence-electron chi connectivity index (χ2n) is 6.87. The molecule has 8 nitrogen and oxygen atoms in total. The fourth-order valence-corrected chi connectivity index (χ4v) is 3.10. The number of carbonyl (C=O) groups is 4. The fraction of sp³-hybridized carbons (Fsp3) is 0.364. The standard InChI is InChI=1S/C22H26N2O6/c1-14-12-19(15(2)24(14)11-5-6-21(27)29-4)20(26)13-30-22(28)17-7-9-18(10-8-17)23-16(3)25/h7-10,12H,5-6,11,13H2,1-4H3,(H,23,25). The van der Waals surface area contributed by atoms with E-state index in [0.717, 1.165) is 11.4 Å². The second kappa shape index (κ2) is 10.4. The van der Waals surface area contributed by atoms with Crippen LogP contribution in [0.1, 0.15) is 51.9 Å². The summed E-state index contributed by atoms with van der Waals surface area (Å²) in [5, 5.41) is 2.61. The minimum atomic E-state index is -0.621. The van der Waals surface area contributed by atoms with Gasteiger partial charge in [0.15, 0.2) is 6.61 Å². The Kier molecular flexibility index (Phi) is 7.91. The number of benzene rings is 1. The number of aromatic nitrogens is 1. The molecule has 2 rings (SSSR count). The van der Waals surface area contributed by atoms with E-state index >= 15 is 0 Å². The molecule has 0 aliphatic rings. The molecule has 0 saturated heterocycles. The van der Waals surface area contributed by atoms with Crippen LogP contribution in [0.25, 0.3) is 0 Å². The number of amides is 1. The maximum absolute atomic E-state index is 12.6. The van der Waals surface area contributed by atoms with Crippen molar-refractivity contribution in [3.8, 4) is 0 Å². The summed E-state index contributed by atoms with van der Waals surface area (Å²) >= 11 is 0. The van der Waals surface area contributed by atoms with Crippen LogP contribution in [-0.2, 0) is 25.6 Å². The predicted octanol–water partition coefficient (Wildman–Crippen LogP) is 3.06. The van der Waals surface area contributed by atoms with E-state index in [0.29, 0.717) is 30.6 Å². The van der Waals surface area contributed by atoms with Crippen molar-refractivity contribution >= 4 is 29.3 Å². The van der Waals surface area contributed by atoms with Gasteiger partial charge in [-0.2, -0.15) is 0 Å². The van der Waals surface area contributed by atoms with Gasteiger partial charge in [0.05, 0.1) is 12.7 Å². The van der Waals surface area contributed by atoms with Crippen molar-refractivity contribution in [2.45, 2.75) is 40.2 Å². The lowest BCUT2D eigenvalue weighted by atomic mass is 10.1. The summed E-state index contributed by atoms with van der Waals surface area (Å²) in [5.74, 6) is -1.40. The average Bonchev–Trinajstić information content (AvgIpc) is 3.00. The number of anilines is 1. The Morgan fingerprint density at radius 2 is 1.73 bits per heavy atom. The lowest BCUT2D eigenvalue weighted by Crippen LogP contribution is -2.15. The zero-order valence-corrected chi connectivity index (χ0v) is 17.6. The summed E-state index contributed by atoms with van der Waals surface area (Å²) < 4.78 is 11.7. The molecule has 0 aliphatic carbocycles. The monoisotopic (exact) mass is 414 g/mol. The zero-order chi connectivity index (χ0) is 22.3. The molecule has 1 heterocycles. The highest BCUT2D eigenvalue weighted by atomic mass is 16.5. The third kappa shape index (κ3) is 6.04. The van der Waals surface area contributed by atoms with Crippen LogP contribution in [-0.4, -0.2) is 41.9 Å². The van der Waals surface area contributed by atoms with Crippen molar-refractivity contribution in [2.24, 2.45) is 0 Å². The second-order valence-corrected chi connectivity index (χ2v) is 6.87. The third-order valence-electron chi connectivity index (χ3n) is 4.64. The number of Topliss-reactive ketones (excluding diaryl/α,β-unsaturated/α-hetero) is 1. The van der Waals surface area contributed by atoms with Gasteiger partial charge in [0.1, 0.15) is 0 Å². The number of hydrogen-bond donors (Lipinski definition) is 1. The molecule has 0 bridgehead atoms. The van der Waals surface area contributed by atoms with Gasteiger partial charge in [-0.15, -0.1) is 0 Å². The largest absolute Gasteiger partial charge is 0.469 e. The van der Waals surface area contributed by atoms with Crippen LogP contribution in [0.5, 0.6) is 0 Å². The summed E-state index contributed by atoms with van der Waals surface area (Å²) in [5.41, 5.74) is 2.98. The molecule has 0 fully saturated rings. The first-order valence-electron chi connectivity index (χ1n) is 9.54. The molecule has 0 atom stereocenters. The van der Waals surface area contributed by atoms with E-state index in [4.69, 9.17) is 4.74 Å². The van der Waals surface area contributed by atoms with E-state index < -0.39 is 5.97 Å². The molecular weight excluding hydrogens is 388 g/mol. The van der Waals surface area contributed by atoms with E-state index in [2.05, 4.69) is 10.1 Å². The number of hydrogen-bond acceptors (Lipinski definition) is 6. The topological polar surface area (TPSA) is 104 Å². The number of ketones is 1. The molecule has 160 valence electrons. The average molecular weight is 414 g/mol. The van der Waals surface area contributed by atoms with Crippen molar-refractivity contribution < 1.29 is 28.7 Å². The lowest BCUT2D eigenvalue weighted by Gasteiger charge is -2.09. The number of nitrogens with zero attached hydrogens (tertiary/aromatic N) is 1. The van der Waals surface area contributed by atoms with Gasteiger partial charge in [-0.25, -0.2) is 4.79 Å². The Morgan fingerprint density at radius 3 is 2.33 bits per heavy atom. The van der Waals surface area contributed by atoms with Crippen LogP contribution in [0.4, 0.5) is 5.69 Å². The van der Waals surface area contributed by atoms with Crippen LogP contribution in [0.2, 0.25) is 0 Å². The van der Waals surface area contributed by atoms with Crippen molar-refractivity contribution in [1.82, 2.24) is 4.57 Å². The molecule has 1 aromatic heterocycles. The van der Waals surface area contributed by atoms with Crippen LogP contribution in [0.15, 0.2) is 30.3 Å². The summed E-state index contributed by atoms with van der Waals surface area (Å²) in [7, 11) is 1.35. The first-order chi connectivity index (χ1) is 14.2. The maximum Gasteiger partial charge on any atom is 0.338 e. The van der Waals surface area contributed by atoms with Crippen molar-refractivity contribution in [3.63, 3.8) is 0 Å². The highest BCUT2D eigenvalue weighted by molar-refractivity contribution is 6.00. The minimum Gasteiger partial charge on any atom is -0.469 e. The summed E-state index contributed by atoms with van der Waals surface area (Å²) in [6, 6.07) is 7.96. The summed E-state index contributed by atoms with van der Waals surface area (Å²) in [4.78, 5) is 47.1. The Balaban J connectivity index is 1.95. The van der Waals surface area contributed by atoms with Gasteiger partial charge in [-0.1, -0.05) is 0 Å². The number of rotatable bonds is 9. The number of esters is 2. The predicted molar refractivity (Wildman–Crippen MR) is 111 cm³/mol. The van der Waals surface area contributed by atoms with Gasteiger partial charge in [0.25, 0.3) is 0 Å². The van der Waals surface area contributed by atoms with Crippen LogP contribution >= 0.6 is 0 Å². The number of methoxy groups -OCH3 is 1. The highest BCUT2D eigenvalue weighted by Crippen LogP contribution is 2.17. The van der Waals surface area contributed by atoms with Gasteiger partial charge in [-0.3, -0.25) is 14.4 Å². The van der Waals surface area contributed by atoms with E-state index in [1.807, 2.05) is 18.4 Å². The van der Waals surface area contributed by atoms with Gasteiger partial charge in [-0.05, 0) is 50.6 Å². The number of aryl methyl sites for hydroxylation is 1. The molecule has 2 aromatic rings. The molecule has 1 N–H and O–H groups in total. The Bertz CT molecular complexity index is 943. The molecule has 0 spiro atoms. The first-order valence-corrected chi connectivity index (χ1v) is 9.54. The van der Waals surface area contributed by atoms with Crippen molar-refractivity contribution in [3.05, 3.63) is 52.8 Å². The van der Waals surface area contributed by atoms with Crippen LogP contribution < -0.4 is 5.32 Å². The van der Waals surface area contributed by atoms with E-state index in [1.165, 1.54) is 26.2 Å². The maximum atomic E-state index is 12.6. The molecule has 30 heavy (non-hydrogen) atoms. The summed E-state index contributed by atoms with van der Waals surface area (Å²) in [6.07, 6.45) is 0.898. The zero-order valence-electron chi connectivity index (χ0n) is 17.6. The minimum absolute atomic E-state index is 0.209. The summed E-state index contributed by atoms with van der Waals surface area (Å²) in [6.45, 7) is 5.30. The Labute approximate surface area is 175 Å². The first kappa shape index (κ1) is 22.9. The number of nitrogens with one attached hydrogen (secondary N) is 1. The Morgan fingerprint density at radius 1 is 1.07 bits per heavy atom. The van der Waals surface area contributed by atoms with E-state index in [1.54, 1.807) is 18.2 Å². The van der Waals surface area contributed by atoms with E-state index in [-0.39, 0.29) is 29.8 Å². The van der Waals surface area contributed by atoms with Crippen molar-refractivity contribution in [1.29, 1.82) is 0 Å². The quantitative estimate of drug-likeness (QED) is 0.500. The molecule has 0 unspecified atom stereocenters. The SMILES string of the molecule is COC(=O)CCCn1c(C)cc(C(=O)COC(=O)c2ccc(NC(C)=O)cc2)c1C. The number of ether oxygens (including phenoxy) is 2. The van der Waals surface area contributed by atoms with E-state index in [9.17, 15) is 19.2 Å². The molecule has 8 heteroatoms. The highest BCUT2D eigenvalue weighted by Gasteiger charge is 2.18. The smallest absolute Gasteiger partial charge is 0.338 e. The van der Waals surface area contributed by atoms with Crippen LogP contribution in [0.3, 0.4) is 0 Å². The molecule has 0 saturated carbocycles. The normalized spacial score (nSPS) is 10.4. The molecule has 1 amide bonds. The van der Waals surface area contributed by atoms with Gasteiger partial charge < -0.3 is 19.4 Å². The third-order valence-corrected chi connectivity index (χ3v) is 4.64. The molecule has 0 aliphatic heterocycles.